The van der Waals surface area contributed by atoms with Crippen LogP contribution in [0.25, 0.3) is 22.0 Å². The summed E-state index contributed by atoms with van der Waals surface area (Å²) in [6, 6.07) is 13.6. The molecule has 1 N–H and O–H groups in total. The lowest BCUT2D eigenvalue weighted by molar-refractivity contribution is -0.152. The van der Waals surface area contributed by atoms with E-state index < -0.39 is 11.6 Å². The number of aryl methyl sites for hydroxylation is 1. The summed E-state index contributed by atoms with van der Waals surface area (Å²) in [6.45, 7) is 5.15. The number of aromatic nitrogens is 1. The lowest BCUT2D eigenvalue weighted by Gasteiger charge is -2.22. The van der Waals surface area contributed by atoms with Gasteiger partial charge in [0.15, 0.2) is 5.60 Å². The highest BCUT2D eigenvalue weighted by atomic mass is 16.5. The van der Waals surface area contributed by atoms with E-state index >= 15 is 0 Å². The molecular weight excluding hydrogens is 330 g/mol. The number of aliphatic carboxylic acids is 1. The first-order chi connectivity index (χ1) is 12.3. The Hall–Kier alpha value is -2.95. The molecule has 26 heavy (non-hydrogen) atoms. The fourth-order valence-electron chi connectivity index (χ4n) is 3.12. The molecule has 0 unspecified atom stereocenters. The van der Waals surface area contributed by atoms with Gasteiger partial charge in [-0.2, -0.15) is 0 Å². The van der Waals surface area contributed by atoms with E-state index in [1.165, 1.54) is 0 Å². The number of hydrogen-bond acceptors (Lipinski definition) is 3. The zero-order chi connectivity index (χ0) is 19.1. The van der Waals surface area contributed by atoms with Gasteiger partial charge in [-0.15, -0.1) is 0 Å². The second kappa shape index (κ2) is 6.41. The second-order valence-corrected chi connectivity index (χ2v) is 6.82. The fraction of sp³-hybridized carbons (Fsp3) is 0.286. The van der Waals surface area contributed by atoms with Gasteiger partial charge < -0.3 is 19.1 Å². The van der Waals surface area contributed by atoms with Crippen molar-refractivity contribution < 1.29 is 19.4 Å². The molecular formula is C21H23NO4. The summed E-state index contributed by atoms with van der Waals surface area (Å²) in [6.07, 6.45) is 0. The lowest BCUT2D eigenvalue weighted by atomic mass is 10.0. The molecule has 5 heteroatoms. The minimum Gasteiger partial charge on any atom is -0.497 e. The number of fused-ring (bicyclic) bond motifs is 1. The number of carboxylic acid groups (broad SMARTS) is 1. The third kappa shape index (κ3) is 2.90. The van der Waals surface area contributed by atoms with E-state index in [1.807, 2.05) is 61.0 Å². The Labute approximate surface area is 152 Å². The molecule has 0 atom stereocenters. The van der Waals surface area contributed by atoms with Crippen LogP contribution < -0.4 is 9.47 Å². The first-order valence-corrected chi connectivity index (χ1v) is 8.41. The van der Waals surface area contributed by atoms with Crippen LogP contribution in [0, 0.1) is 6.92 Å². The van der Waals surface area contributed by atoms with Crippen LogP contribution in [0.2, 0.25) is 0 Å². The Bertz CT molecular complexity index is 968. The zero-order valence-corrected chi connectivity index (χ0v) is 15.7. The van der Waals surface area contributed by atoms with E-state index in [2.05, 4.69) is 0 Å². The highest BCUT2D eigenvalue weighted by molar-refractivity contribution is 6.01. The molecule has 136 valence electrons. The number of rotatable bonds is 5. The number of carbonyl (C=O) groups is 1. The number of carboxylic acids is 1. The number of hydrogen-bond donors (Lipinski definition) is 1. The topological polar surface area (TPSA) is 60.7 Å². The highest BCUT2D eigenvalue weighted by Gasteiger charge is 2.31. The Morgan fingerprint density at radius 2 is 1.77 bits per heavy atom. The largest absolute Gasteiger partial charge is 0.497 e. The predicted molar refractivity (Wildman–Crippen MR) is 102 cm³/mol. The van der Waals surface area contributed by atoms with Crippen LogP contribution in [0.5, 0.6) is 11.5 Å². The summed E-state index contributed by atoms with van der Waals surface area (Å²) in [7, 11) is 3.61. The van der Waals surface area contributed by atoms with Crippen molar-refractivity contribution in [3.8, 4) is 22.6 Å². The Morgan fingerprint density at radius 3 is 2.35 bits per heavy atom. The Kier molecular flexibility index (Phi) is 4.40. The SMILES string of the molecule is COc1ccc(-c2c(C)n(C)c3c(OC(C)(C)C(=O)O)cccc23)cc1. The van der Waals surface area contributed by atoms with Crippen molar-refractivity contribution in [1.29, 1.82) is 0 Å². The molecule has 0 bridgehead atoms. The van der Waals surface area contributed by atoms with Crippen LogP contribution in [-0.4, -0.2) is 28.4 Å². The van der Waals surface area contributed by atoms with E-state index in [0.29, 0.717) is 5.75 Å². The van der Waals surface area contributed by atoms with Gasteiger partial charge in [-0.1, -0.05) is 24.3 Å². The molecule has 0 saturated carbocycles. The van der Waals surface area contributed by atoms with Gasteiger partial charge in [0.1, 0.15) is 11.5 Å². The van der Waals surface area contributed by atoms with Crippen LogP contribution >= 0.6 is 0 Å². The minimum atomic E-state index is -1.31. The molecule has 0 spiro atoms. The molecule has 0 fully saturated rings. The standard InChI is InChI=1S/C21H23NO4/c1-13-18(14-9-11-15(25-5)12-10-14)16-7-6-8-17(19(16)22(13)4)26-21(2,3)20(23)24/h6-12H,1-5H3,(H,23,24). The van der Waals surface area contributed by atoms with Crippen LogP contribution in [-0.2, 0) is 11.8 Å². The molecule has 0 amide bonds. The first-order valence-electron chi connectivity index (χ1n) is 8.41. The highest BCUT2D eigenvalue weighted by Crippen LogP contribution is 2.39. The van der Waals surface area contributed by atoms with Gasteiger partial charge in [-0.05, 0) is 44.5 Å². The van der Waals surface area contributed by atoms with Gasteiger partial charge in [-0.25, -0.2) is 4.79 Å². The van der Waals surface area contributed by atoms with Crippen LogP contribution in [0.15, 0.2) is 42.5 Å². The Morgan fingerprint density at radius 1 is 1.12 bits per heavy atom. The van der Waals surface area contributed by atoms with E-state index in [9.17, 15) is 9.90 Å². The number of methoxy groups -OCH3 is 1. The Balaban J connectivity index is 2.19. The van der Waals surface area contributed by atoms with Crippen molar-refractivity contribution in [2.45, 2.75) is 26.4 Å². The summed E-state index contributed by atoms with van der Waals surface area (Å²) >= 11 is 0. The summed E-state index contributed by atoms with van der Waals surface area (Å²) in [5.74, 6) is 0.356. The lowest BCUT2D eigenvalue weighted by Crippen LogP contribution is -2.38. The monoisotopic (exact) mass is 353 g/mol. The van der Waals surface area contributed by atoms with Gasteiger partial charge in [0, 0.05) is 23.7 Å². The zero-order valence-electron chi connectivity index (χ0n) is 15.7. The molecule has 0 saturated heterocycles. The van der Waals surface area contributed by atoms with Crippen molar-refractivity contribution in [2.24, 2.45) is 7.05 Å². The van der Waals surface area contributed by atoms with Gasteiger partial charge in [0.05, 0.1) is 12.6 Å². The number of nitrogens with zero attached hydrogens (tertiary/aromatic N) is 1. The number of benzene rings is 2. The van der Waals surface area contributed by atoms with Crippen molar-refractivity contribution >= 4 is 16.9 Å². The number of para-hydroxylation sites is 1. The van der Waals surface area contributed by atoms with E-state index in [4.69, 9.17) is 9.47 Å². The maximum absolute atomic E-state index is 11.5. The maximum Gasteiger partial charge on any atom is 0.347 e. The van der Waals surface area contributed by atoms with Crippen LogP contribution in [0.3, 0.4) is 0 Å². The minimum absolute atomic E-state index is 0.556. The molecule has 1 heterocycles. The van der Waals surface area contributed by atoms with Crippen LogP contribution in [0.4, 0.5) is 0 Å². The smallest absolute Gasteiger partial charge is 0.347 e. The van der Waals surface area contributed by atoms with E-state index in [1.54, 1.807) is 21.0 Å². The molecule has 3 rings (SSSR count). The summed E-state index contributed by atoms with van der Waals surface area (Å²) < 4.78 is 13.1. The van der Waals surface area contributed by atoms with Crippen molar-refractivity contribution in [3.05, 3.63) is 48.2 Å². The third-order valence-electron chi connectivity index (χ3n) is 4.73. The third-order valence-corrected chi connectivity index (χ3v) is 4.73. The quantitative estimate of drug-likeness (QED) is 0.738. The maximum atomic E-state index is 11.5. The number of ether oxygens (including phenoxy) is 2. The van der Waals surface area contributed by atoms with Gasteiger partial charge in [-0.3, -0.25) is 0 Å². The molecule has 0 aliphatic rings. The van der Waals surface area contributed by atoms with Crippen molar-refractivity contribution in [1.82, 2.24) is 4.57 Å². The molecule has 3 aromatic rings. The van der Waals surface area contributed by atoms with Gasteiger partial charge in [0.25, 0.3) is 0 Å². The van der Waals surface area contributed by atoms with Crippen LogP contribution in [0.1, 0.15) is 19.5 Å². The predicted octanol–water partition coefficient (Wildman–Crippen LogP) is 4.40. The second-order valence-electron chi connectivity index (χ2n) is 6.82. The summed E-state index contributed by atoms with van der Waals surface area (Å²) in [5.41, 5.74) is 2.82. The van der Waals surface area contributed by atoms with Gasteiger partial charge >= 0.3 is 5.97 Å². The molecule has 5 nitrogen and oxygen atoms in total. The van der Waals surface area contributed by atoms with Crippen molar-refractivity contribution in [3.63, 3.8) is 0 Å². The molecule has 0 radical (unpaired) electrons. The molecule has 1 aromatic heterocycles. The summed E-state index contributed by atoms with van der Waals surface area (Å²) in [4.78, 5) is 11.5. The first kappa shape index (κ1) is 17.9. The summed E-state index contributed by atoms with van der Waals surface area (Å²) in [5, 5.41) is 10.4. The molecule has 0 aliphatic carbocycles. The molecule has 2 aromatic carbocycles. The van der Waals surface area contributed by atoms with Gasteiger partial charge in [0.2, 0.25) is 0 Å². The van der Waals surface area contributed by atoms with E-state index in [0.717, 1.165) is 33.5 Å². The average molecular weight is 353 g/mol. The molecule has 0 aliphatic heterocycles. The normalized spacial score (nSPS) is 11.6. The fourth-order valence-corrected chi connectivity index (χ4v) is 3.12. The average Bonchev–Trinajstić information content (AvgIpc) is 2.86. The van der Waals surface area contributed by atoms with E-state index in [-0.39, 0.29) is 0 Å². The van der Waals surface area contributed by atoms with Crippen molar-refractivity contribution in [2.75, 3.05) is 7.11 Å².